The Morgan fingerprint density at radius 1 is 1.25 bits per heavy atom. The van der Waals surface area contributed by atoms with Gasteiger partial charge in [0.2, 0.25) is 0 Å². The highest BCUT2D eigenvalue weighted by atomic mass is 79.9. The van der Waals surface area contributed by atoms with Crippen LogP contribution in [0.15, 0.2) is 50.2 Å². The van der Waals surface area contributed by atoms with Crippen molar-refractivity contribution < 1.29 is 14.6 Å². The molecule has 3 rings (SSSR count). The number of esters is 1. The first-order valence-corrected chi connectivity index (χ1v) is 11.3. The number of hydrogen-bond donors (Lipinski definition) is 2. The summed E-state index contributed by atoms with van der Waals surface area (Å²) < 4.78 is 8.86. The Kier molecular flexibility index (Phi) is 7.09. The topological polar surface area (TPSA) is 63.5 Å². The number of rotatable bonds is 7. The number of fused-ring (bicyclic) bond motifs is 1. The number of thioether (sulfide) groups is 1. The molecule has 5 nitrogen and oxygen atoms in total. The first-order valence-electron chi connectivity index (χ1n) is 8.68. The molecule has 0 aliphatic rings. The highest BCUT2D eigenvalue weighted by molar-refractivity contribution is 9.10. The van der Waals surface area contributed by atoms with Gasteiger partial charge in [-0.15, -0.1) is 11.8 Å². The van der Waals surface area contributed by atoms with Gasteiger partial charge in [0.15, 0.2) is 0 Å². The Bertz CT molecular complexity index is 1000. The number of benzene rings is 2. The van der Waals surface area contributed by atoms with E-state index in [1.165, 1.54) is 0 Å². The average Bonchev–Trinajstić information content (AvgIpc) is 2.92. The number of carbonyl (C=O) groups excluding carboxylic acids is 1. The predicted molar refractivity (Wildman–Crippen MR) is 120 cm³/mol. The van der Waals surface area contributed by atoms with E-state index in [2.05, 4.69) is 49.3 Å². The van der Waals surface area contributed by atoms with Crippen LogP contribution in [0.2, 0.25) is 0 Å². The molecule has 0 fully saturated rings. The van der Waals surface area contributed by atoms with Gasteiger partial charge >= 0.3 is 5.97 Å². The lowest BCUT2D eigenvalue weighted by Crippen LogP contribution is -2.18. The van der Waals surface area contributed by atoms with E-state index in [-0.39, 0.29) is 11.7 Å². The van der Waals surface area contributed by atoms with Gasteiger partial charge in [-0.1, -0.05) is 15.9 Å². The molecule has 1 heterocycles. The Balaban J connectivity index is 1.84. The second-order valence-electron chi connectivity index (χ2n) is 6.09. The fourth-order valence-corrected chi connectivity index (χ4v) is 4.27. The molecule has 8 heteroatoms. The van der Waals surface area contributed by atoms with Crippen LogP contribution in [0.5, 0.6) is 5.75 Å². The minimum atomic E-state index is -0.382. The van der Waals surface area contributed by atoms with Crippen LogP contribution in [-0.2, 0) is 18.3 Å². The summed E-state index contributed by atoms with van der Waals surface area (Å²) in [6, 6.07) is 11.5. The molecular weight excluding hydrogens is 508 g/mol. The molecule has 0 aliphatic carbocycles. The van der Waals surface area contributed by atoms with Crippen molar-refractivity contribution >= 4 is 60.5 Å². The SMILES string of the molecule is CCOC(=O)c1c(CNCSc2ccc(Br)cc2)n(C)c2cc(Br)c(O)cc12. The normalized spacial score (nSPS) is 11.1. The van der Waals surface area contributed by atoms with E-state index in [0.29, 0.717) is 34.5 Å². The number of aromatic nitrogens is 1. The van der Waals surface area contributed by atoms with Crippen molar-refractivity contribution in [3.05, 3.63) is 56.6 Å². The number of aromatic hydroxyl groups is 1. The standard InChI is InChI=1S/C20H20Br2N2O3S/c1-3-27-20(26)19-14-8-18(25)15(22)9-16(14)24(2)17(19)10-23-11-28-13-6-4-12(21)5-7-13/h4-9,23,25H,3,10-11H2,1-2H3. The van der Waals surface area contributed by atoms with Gasteiger partial charge in [-0.3, -0.25) is 0 Å². The molecule has 0 unspecified atom stereocenters. The van der Waals surface area contributed by atoms with E-state index in [4.69, 9.17) is 4.74 Å². The van der Waals surface area contributed by atoms with Crippen LogP contribution in [0.4, 0.5) is 0 Å². The summed E-state index contributed by atoms with van der Waals surface area (Å²) in [5, 5.41) is 14.1. The Labute approximate surface area is 184 Å². The summed E-state index contributed by atoms with van der Waals surface area (Å²) in [6.45, 7) is 2.58. The molecule has 28 heavy (non-hydrogen) atoms. The van der Waals surface area contributed by atoms with Crippen molar-refractivity contribution in [3.8, 4) is 5.75 Å². The highest BCUT2D eigenvalue weighted by Crippen LogP contribution is 2.34. The third kappa shape index (κ3) is 4.56. The molecule has 0 atom stereocenters. The summed E-state index contributed by atoms with van der Waals surface area (Å²) in [6.07, 6.45) is 0. The zero-order chi connectivity index (χ0) is 20.3. The third-order valence-electron chi connectivity index (χ3n) is 4.32. The minimum Gasteiger partial charge on any atom is -0.507 e. The molecule has 0 saturated heterocycles. The molecule has 0 amide bonds. The Hall–Kier alpha value is -1.48. The maximum Gasteiger partial charge on any atom is 0.340 e. The Morgan fingerprint density at radius 3 is 2.64 bits per heavy atom. The fourth-order valence-electron chi connectivity index (χ4n) is 2.97. The van der Waals surface area contributed by atoms with Crippen molar-refractivity contribution in [2.24, 2.45) is 7.05 Å². The number of phenolic OH excluding ortho intramolecular Hbond substituents is 1. The molecule has 0 aliphatic heterocycles. The van der Waals surface area contributed by atoms with Crippen molar-refractivity contribution in [1.29, 1.82) is 0 Å². The smallest absolute Gasteiger partial charge is 0.340 e. The van der Waals surface area contributed by atoms with Crippen LogP contribution in [0.1, 0.15) is 23.0 Å². The lowest BCUT2D eigenvalue weighted by Gasteiger charge is -2.09. The van der Waals surface area contributed by atoms with Crippen LogP contribution in [-0.4, -0.2) is 28.1 Å². The van der Waals surface area contributed by atoms with E-state index in [1.54, 1.807) is 24.8 Å². The molecule has 0 bridgehead atoms. The van der Waals surface area contributed by atoms with Crippen LogP contribution in [0.25, 0.3) is 10.9 Å². The quantitative estimate of drug-likeness (QED) is 0.186. The minimum absolute atomic E-state index is 0.0916. The predicted octanol–water partition coefficient (Wildman–Crippen LogP) is 5.43. The Morgan fingerprint density at radius 2 is 1.96 bits per heavy atom. The first kappa shape index (κ1) is 21.2. The molecule has 2 N–H and O–H groups in total. The molecule has 148 valence electrons. The number of ether oxygens (including phenoxy) is 1. The number of phenols is 1. The summed E-state index contributed by atoms with van der Waals surface area (Å²) in [4.78, 5) is 13.8. The van der Waals surface area contributed by atoms with E-state index < -0.39 is 0 Å². The van der Waals surface area contributed by atoms with Gasteiger partial charge in [-0.25, -0.2) is 4.79 Å². The van der Waals surface area contributed by atoms with Crippen LogP contribution in [0, 0.1) is 0 Å². The van der Waals surface area contributed by atoms with Crippen molar-refractivity contribution in [1.82, 2.24) is 9.88 Å². The van der Waals surface area contributed by atoms with Crippen LogP contribution >= 0.6 is 43.6 Å². The number of nitrogens with zero attached hydrogens (tertiary/aromatic N) is 1. The first-order chi connectivity index (χ1) is 13.4. The van der Waals surface area contributed by atoms with Gasteiger partial charge in [0.1, 0.15) is 5.75 Å². The zero-order valence-corrected chi connectivity index (χ0v) is 19.4. The lowest BCUT2D eigenvalue weighted by molar-refractivity contribution is 0.0527. The summed E-state index contributed by atoms with van der Waals surface area (Å²) in [5.41, 5.74) is 2.16. The van der Waals surface area contributed by atoms with Gasteiger partial charge in [-0.05, 0) is 59.3 Å². The van der Waals surface area contributed by atoms with E-state index in [1.807, 2.05) is 29.8 Å². The summed E-state index contributed by atoms with van der Waals surface area (Å²) in [7, 11) is 1.91. The molecule has 2 aromatic carbocycles. The fraction of sp³-hybridized carbons (Fsp3) is 0.250. The molecule has 0 radical (unpaired) electrons. The van der Waals surface area contributed by atoms with Gasteiger partial charge in [-0.2, -0.15) is 0 Å². The van der Waals surface area contributed by atoms with Crippen molar-refractivity contribution in [2.45, 2.75) is 18.4 Å². The van der Waals surface area contributed by atoms with Gasteiger partial charge < -0.3 is 19.7 Å². The van der Waals surface area contributed by atoms with Gasteiger partial charge in [0.25, 0.3) is 0 Å². The average molecular weight is 528 g/mol. The number of nitrogens with one attached hydrogen (secondary N) is 1. The van der Waals surface area contributed by atoms with Gasteiger partial charge in [0, 0.05) is 39.9 Å². The monoisotopic (exact) mass is 526 g/mol. The second-order valence-corrected chi connectivity index (χ2v) is 8.91. The molecule has 0 saturated carbocycles. The van der Waals surface area contributed by atoms with Gasteiger partial charge in [0.05, 0.1) is 22.2 Å². The number of aryl methyl sites for hydroxylation is 1. The number of halogens is 2. The lowest BCUT2D eigenvalue weighted by atomic mass is 10.1. The zero-order valence-electron chi connectivity index (χ0n) is 15.5. The van der Waals surface area contributed by atoms with E-state index in [0.717, 1.165) is 20.6 Å². The van der Waals surface area contributed by atoms with Crippen molar-refractivity contribution in [2.75, 3.05) is 12.5 Å². The largest absolute Gasteiger partial charge is 0.507 e. The van der Waals surface area contributed by atoms with E-state index in [9.17, 15) is 9.90 Å². The summed E-state index contributed by atoms with van der Waals surface area (Å²) in [5.74, 6) is 0.404. The van der Waals surface area contributed by atoms with Crippen LogP contribution in [0.3, 0.4) is 0 Å². The maximum atomic E-state index is 12.6. The van der Waals surface area contributed by atoms with Crippen molar-refractivity contribution in [3.63, 3.8) is 0 Å². The molecular formula is C20H20Br2N2O3S. The highest BCUT2D eigenvalue weighted by Gasteiger charge is 2.23. The van der Waals surface area contributed by atoms with Crippen LogP contribution < -0.4 is 5.32 Å². The third-order valence-corrected chi connectivity index (χ3v) is 6.43. The van der Waals surface area contributed by atoms with E-state index >= 15 is 0 Å². The number of carbonyl (C=O) groups is 1. The molecule has 1 aromatic heterocycles. The number of hydrogen-bond acceptors (Lipinski definition) is 5. The summed E-state index contributed by atoms with van der Waals surface area (Å²) >= 11 is 8.46. The molecule has 0 spiro atoms. The molecule has 3 aromatic rings. The maximum absolute atomic E-state index is 12.6. The second kappa shape index (κ2) is 9.35.